The number of carbonyl (C=O) groups is 1. The molecule has 0 bridgehead atoms. The molecule has 136 valence electrons. The van der Waals surface area contributed by atoms with Gasteiger partial charge in [-0.1, -0.05) is 42.1 Å². The fourth-order valence-corrected chi connectivity index (χ4v) is 3.62. The molecule has 7 heteroatoms. The van der Waals surface area contributed by atoms with Crippen LogP contribution in [0.5, 0.6) is 0 Å². The Hall–Kier alpha value is -2.54. The van der Waals surface area contributed by atoms with Crippen molar-refractivity contribution in [1.29, 1.82) is 0 Å². The summed E-state index contributed by atoms with van der Waals surface area (Å²) in [6.45, 7) is 5.26. The molecular weight excluding hydrogens is 348 g/mol. The molecule has 3 rings (SSSR count). The van der Waals surface area contributed by atoms with Gasteiger partial charge in [0.1, 0.15) is 5.76 Å². The molecule has 6 nitrogen and oxygen atoms in total. The van der Waals surface area contributed by atoms with Crippen LogP contribution in [0.1, 0.15) is 18.2 Å². The molecule has 0 radical (unpaired) electrons. The number of aryl methyl sites for hydroxylation is 1. The topological polar surface area (TPSA) is 64.2 Å². The van der Waals surface area contributed by atoms with Crippen molar-refractivity contribution < 1.29 is 9.21 Å². The fraction of sp³-hybridized carbons (Fsp3) is 0.316. The van der Waals surface area contributed by atoms with Gasteiger partial charge in [-0.25, -0.2) is 0 Å². The molecule has 2 aromatic heterocycles. The molecule has 1 amide bonds. The first kappa shape index (κ1) is 18.3. The second-order valence-corrected chi connectivity index (χ2v) is 6.91. The van der Waals surface area contributed by atoms with Crippen molar-refractivity contribution in [2.45, 2.75) is 32.1 Å². The summed E-state index contributed by atoms with van der Waals surface area (Å²) < 4.78 is 7.37. The summed E-state index contributed by atoms with van der Waals surface area (Å²) in [6, 6.07) is 11.8. The lowest BCUT2D eigenvalue weighted by Gasteiger charge is -2.17. The Labute approximate surface area is 157 Å². The molecule has 1 aromatic carbocycles. The van der Waals surface area contributed by atoms with Crippen LogP contribution in [-0.2, 0) is 17.9 Å². The van der Waals surface area contributed by atoms with Crippen LogP contribution in [0, 0.1) is 6.92 Å². The third-order valence-corrected chi connectivity index (χ3v) is 5.10. The molecule has 0 spiro atoms. The minimum atomic E-state index is 0.0607. The number of hydrogen-bond acceptors (Lipinski definition) is 5. The highest BCUT2D eigenvalue weighted by Gasteiger charge is 2.18. The lowest BCUT2D eigenvalue weighted by Crippen LogP contribution is -2.27. The largest absolute Gasteiger partial charge is 0.469 e. The highest BCUT2D eigenvalue weighted by atomic mass is 32.2. The maximum absolute atomic E-state index is 12.4. The minimum absolute atomic E-state index is 0.0607. The Kier molecular flexibility index (Phi) is 5.78. The zero-order chi connectivity index (χ0) is 18.5. The predicted molar refractivity (Wildman–Crippen MR) is 102 cm³/mol. The second kappa shape index (κ2) is 8.23. The molecule has 0 unspecified atom stereocenters. The van der Waals surface area contributed by atoms with Gasteiger partial charge < -0.3 is 13.9 Å². The quantitative estimate of drug-likeness (QED) is 0.595. The fourth-order valence-electron chi connectivity index (χ4n) is 2.68. The van der Waals surface area contributed by atoms with Crippen LogP contribution in [0.25, 0.3) is 11.4 Å². The van der Waals surface area contributed by atoms with Crippen molar-refractivity contribution in [2.24, 2.45) is 0 Å². The summed E-state index contributed by atoms with van der Waals surface area (Å²) >= 11 is 1.41. The lowest BCUT2D eigenvalue weighted by atomic mass is 10.2. The molecule has 0 aliphatic rings. The summed E-state index contributed by atoms with van der Waals surface area (Å²) in [5.74, 6) is 1.96. The standard InChI is InChI=1S/C19H22N4O2S/c1-4-23-18(16-10-11-25-14(16)2)20-21-19(23)26-13-17(24)22(3)12-15-8-6-5-7-9-15/h5-11H,4,12-13H2,1-3H3. The zero-order valence-corrected chi connectivity index (χ0v) is 16.0. The Bertz CT molecular complexity index is 873. The number of furan rings is 1. The average molecular weight is 370 g/mol. The summed E-state index contributed by atoms with van der Waals surface area (Å²) in [6.07, 6.45) is 1.65. The Morgan fingerprint density at radius 2 is 2.00 bits per heavy atom. The van der Waals surface area contributed by atoms with Gasteiger partial charge >= 0.3 is 0 Å². The van der Waals surface area contributed by atoms with E-state index < -0.39 is 0 Å². The molecule has 3 aromatic rings. The van der Waals surface area contributed by atoms with Crippen LogP contribution < -0.4 is 0 Å². The normalized spacial score (nSPS) is 10.9. The first-order valence-electron chi connectivity index (χ1n) is 8.48. The molecule has 0 aliphatic carbocycles. The molecule has 0 fully saturated rings. The molecule has 0 atom stereocenters. The molecule has 0 N–H and O–H groups in total. The van der Waals surface area contributed by atoms with Gasteiger partial charge in [-0.15, -0.1) is 10.2 Å². The highest BCUT2D eigenvalue weighted by molar-refractivity contribution is 7.99. The van der Waals surface area contributed by atoms with E-state index in [1.807, 2.05) is 61.9 Å². The second-order valence-electron chi connectivity index (χ2n) is 5.96. The van der Waals surface area contributed by atoms with Gasteiger partial charge in [-0.3, -0.25) is 4.79 Å². The molecule has 2 heterocycles. The van der Waals surface area contributed by atoms with E-state index in [0.717, 1.165) is 34.4 Å². The van der Waals surface area contributed by atoms with E-state index in [1.54, 1.807) is 11.2 Å². The molecule has 0 aliphatic heterocycles. The van der Waals surface area contributed by atoms with Gasteiger partial charge in [0.25, 0.3) is 0 Å². The van der Waals surface area contributed by atoms with Crippen molar-refractivity contribution in [3.8, 4) is 11.4 Å². The van der Waals surface area contributed by atoms with Crippen molar-refractivity contribution in [3.05, 3.63) is 54.0 Å². The van der Waals surface area contributed by atoms with E-state index in [9.17, 15) is 4.79 Å². The number of aromatic nitrogens is 3. The van der Waals surface area contributed by atoms with Crippen molar-refractivity contribution >= 4 is 17.7 Å². The van der Waals surface area contributed by atoms with Gasteiger partial charge in [0, 0.05) is 20.1 Å². The van der Waals surface area contributed by atoms with E-state index in [-0.39, 0.29) is 5.91 Å². The van der Waals surface area contributed by atoms with Gasteiger partial charge in [0.2, 0.25) is 5.91 Å². The van der Waals surface area contributed by atoms with E-state index in [4.69, 9.17) is 4.42 Å². The average Bonchev–Trinajstić information content (AvgIpc) is 3.25. The van der Waals surface area contributed by atoms with Gasteiger partial charge in [-0.05, 0) is 25.5 Å². The number of thioether (sulfide) groups is 1. The first-order valence-corrected chi connectivity index (χ1v) is 9.47. The Morgan fingerprint density at radius 1 is 1.23 bits per heavy atom. The Balaban J connectivity index is 1.65. The van der Waals surface area contributed by atoms with E-state index in [2.05, 4.69) is 10.2 Å². The smallest absolute Gasteiger partial charge is 0.233 e. The van der Waals surface area contributed by atoms with Crippen molar-refractivity contribution in [1.82, 2.24) is 19.7 Å². The van der Waals surface area contributed by atoms with Crippen LogP contribution in [-0.4, -0.2) is 38.4 Å². The molecular formula is C19H22N4O2S. The maximum Gasteiger partial charge on any atom is 0.233 e. The number of rotatable bonds is 7. The van der Waals surface area contributed by atoms with Gasteiger partial charge in [0.05, 0.1) is 17.6 Å². The lowest BCUT2D eigenvalue weighted by molar-refractivity contribution is -0.127. The zero-order valence-electron chi connectivity index (χ0n) is 15.2. The third-order valence-electron chi connectivity index (χ3n) is 4.15. The van der Waals surface area contributed by atoms with Crippen LogP contribution in [0.15, 0.2) is 52.2 Å². The van der Waals surface area contributed by atoms with Crippen LogP contribution in [0.3, 0.4) is 0 Å². The highest BCUT2D eigenvalue weighted by Crippen LogP contribution is 2.27. The van der Waals surface area contributed by atoms with Crippen LogP contribution >= 0.6 is 11.8 Å². The number of hydrogen-bond donors (Lipinski definition) is 0. The monoisotopic (exact) mass is 370 g/mol. The van der Waals surface area contributed by atoms with E-state index >= 15 is 0 Å². The van der Waals surface area contributed by atoms with Crippen molar-refractivity contribution in [3.63, 3.8) is 0 Å². The number of nitrogens with zero attached hydrogens (tertiary/aromatic N) is 4. The summed E-state index contributed by atoms with van der Waals surface area (Å²) in [5, 5.41) is 9.29. The van der Waals surface area contributed by atoms with Crippen LogP contribution in [0.4, 0.5) is 0 Å². The number of benzene rings is 1. The molecule has 0 saturated heterocycles. The van der Waals surface area contributed by atoms with E-state index in [0.29, 0.717) is 12.3 Å². The van der Waals surface area contributed by atoms with E-state index in [1.165, 1.54) is 11.8 Å². The molecule has 0 saturated carbocycles. The predicted octanol–water partition coefficient (Wildman–Crippen LogP) is 3.62. The van der Waals surface area contributed by atoms with Crippen LogP contribution in [0.2, 0.25) is 0 Å². The Morgan fingerprint density at radius 3 is 2.65 bits per heavy atom. The van der Waals surface area contributed by atoms with Gasteiger partial charge in [-0.2, -0.15) is 0 Å². The minimum Gasteiger partial charge on any atom is -0.469 e. The maximum atomic E-state index is 12.4. The third kappa shape index (κ3) is 3.99. The SMILES string of the molecule is CCn1c(SCC(=O)N(C)Cc2ccccc2)nnc1-c1ccoc1C. The molecule has 26 heavy (non-hydrogen) atoms. The number of amides is 1. The van der Waals surface area contributed by atoms with Gasteiger partial charge in [0.15, 0.2) is 11.0 Å². The van der Waals surface area contributed by atoms with Crippen molar-refractivity contribution in [2.75, 3.05) is 12.8 Å². The first-order chi connectivity index (χ1) is 12.6. The summed E-state index contributed by atoms with van der Waals surface area (Å²) in [5.41, 5.74) is 2.04. The summed E-state index contributed by atoms with van der Waals surface area (Å²) in [7, 11) is 1.82. The number of carbonyl (C=O) groups excluding carboxylic acids is 1. The summed E-state index contributed by atoms with van der Waals surface area (Å²) in [4.78, 5) is 14.2.